The van der Waals surface area contributed by atoms with Crippen LogP contribution in [0, 0.1) is 11.3 Å². The van der Waals surface area contributed by atoms with Crippen LogP contribution in [-0.4, -0.2) is 12.8 Å². The molecule has 55 heavy (non-hydrogen) atoms. The summed E-state index contributed by atoms with van der Waals surface area (Å²) in [4.78, 5) is 5.30. The Morgan fingerprint density at radius 1 is 0.564 bits per heavy atom. The van der Waals surface area contributed by atoms with Gasteiger partial charge in [-0.1, -0.05) is 170 Å². The third kappa shape index (κ3) is 5.86. The zero-order chi connectivity index (χ0) is 38.1. The van der Waals surface area contributed by atoms with Gasteiger partial charge < -0.3 is 9.80 Å². The molecule has 4 aliphatic rings. The fraction of sp³-hybridized carbons (Fsp3) is 0.269. The van der Waals surface area contributed by atoms with E-state index in [9.17, 15) is 0 Å². The van der Waals surface area contributed by atoms with Gasteiger partial charge >= 0.3 is 0 Å². The van der Waals surface area contributed by atoms with Crippen LogP contribution in [0.25, 0.3) is 0 Å². The third-order valence-corrected chi connectivity index (χ3v) is 12.8. The summed E-state index contributed by atoms with van der Waals surface area (Å²) < 4.78 is 0. The largest absolute Gasteiger partial charge is 0.335 e. The summed E-state index contributed by atoms with van der Waals surface area (Å²) in [7, 11) is 0. The van der Waals surface area contributed by atoms with E-state index >= 15 is 0 Å². The Morgan fingerprint density at radius 3 is 1.95 bits per heavy atom. The van der Waals surface area contributed by atoms with E-state index in [0.717, 1.165) is 12.8 Å². The summed E-state index contributed by atoms with van der Waals surface area (Å²) in [5.41, 5.74) is 15.8. The maximum absolute atomic E-state index is 2.75. The zero-order valence-electron chi connectivity index (χ0n) is 33.6. The lowest BCUT2D eigenvalue weighted by Crippen LogP contribution is -2.63. The number of para-hydroxylation sites is 2. The molecule has 0 spiro atoms. The molecule has 0 radical (unpaired) electrons. The molecule has 5 aromatic rings. The Morgan fingerprint density at radius 2 is 1.24 bits per heavy atom. The summed E-state index contributed by atoms with van der Waals surface area (Å²) >= 11 is 0. The van der Waals surface area contributed by atoms with Gasteiger partial charge in [-0.3, -0.25) is 0 Å². The van der Waals surface area contributed by atoms with Crippen molar-refractivity contribution in [2.24, 2.45) is 11.3 Å². The van der Waals surface area contributed by atoms with Crippen molar-refractivity contribution in [1.82, 2.24) is 0 Å². The Kier molecular flexibility index (Phi) is 8.50. The molecule has 9 rings (SSSR count). The minimum atomic E-state index is -0.291. The molecule has 0 bridgehead atoms. The van der Waals surface area contributed by atoms with Crippen molar-refractivity contribution in [3.8, 4) is 0 Å². The van der Waals surface area contributed by atoms with Crippen molar-refractivity contribution >= 4 is 51.5 Å². The molecule has 2 aliphatic carbocycles. The lowest BCUT2D eigenvalue weighted by Gasteiger charge is -2.48. The van der Waals surface area contributed by atoms with Gasteiger partial charge in [0.1, 0.15) is 0 Å². The molecule has 5 aromatic carbocycles. The van der Waals surface area contributed by atoms with Crippen molar-refractivity contribution in [1.29, 1.82) is 0 Å². The SMILES string of the molecule is CC(C)(C)C1=CC(N2c3cc(C(C)(C)C)ccc3B3c4ccccc4N(c4ccccc4)c4cc(C(C)(c5ccccc5)C5C=CC=CC5)cc2c43)CC=C1. The average molecular weight is 717 g/mol. The Hall–Kier alpha value is -5.28. The highest BCUT2D eigenvalue weighted by Crippen LogP contribution is 2.49. The van der Waals surface area contributed by atoms with Gasteiger partial charge in [0.25, 0.3) is 6.71 Å². The first-order valence-corrected chi connectivity index (χ1v) is 20.3. The highest BCUT2D eigenvalue weighted by Gasteiger charge is 2.47. The molecule has 2 heterocycles. The monoisotopic (exact) mass is 716 g/mol. The number of hydrogen-bond acceptors (Lipinski definition) is 2. The minimum Gasteiger partial charge on any atom is -0.335 e. The van der Waals surface area contributed by atoms with Crippen molar-refractivity contribution in [2.45, 2.75) is 78.2 Å². The molecular weight excluding hydrogens is 663 g/mol. The van der Waals surface area contributed by atoms with Gasteiger partial charge in [0.05, 0.1) is 6.04 Å². The third-order valence-electron chi connectivity index (χ3n) is 12.8. The van der Waals surface area contributed by atoms with Crippen LogP contribution in [-0.2, 0) is 10.8 Å². The molecular formula is C52H53BN2. The van der Waals surface area contributed by atoms with Gasteiger partial charge in [-0.05, 0) is 105 Å². The first-order chi connectivity index (χ1) is 26.4. The van der Waals surface area contributed by atoms with Crippen LogP contribution < -0.4 is 26.2 Å². The van der Waals surface area contributed by atoms with E-state index < -0.39 is 0 Å². The van der Waals surface area contributed by atoms with Gasteiger partial charge in [-0.2, -0.15) is 0 Å². The fourth-order valence-corrected chi connectivity index (χ4v) is 9.68. The second kappa shape index (κ2) is 13.2. The molecule has 2 nitrogen and oxygen atoms in total. The van der Waals surface area contributed by atoms with Crippen molar-refractivity contribution in [3.05, 3.63) is 180 Å². The molecule has 2 aliphatic heterocycles. The molecule has 274 valence electrons. The first-order valence-electron chi connectivity index (χ1n) is 20.3. The van der Waals surface area contributed by atoms with Gasteiger partial charge in [-0.15, -0.1) is 0 Å². The standard InChI is InChI=1S/C52H53BN2/c1-50(2,3)38-24-19-27-42(32-38)55-46-33-39(51(4,5)6)30-31-44(46)53-43-28-17-18-29-45(43)54(41-25-15-10-16-26-41)47-34-40(35-48(55)49(47)53)52(7,36-20-11-8-12-21-36)37-22-13-9-14-23-37/h8-22,24-26,28-35,37,42H,23,27H2,1-7H3. The van der Waals surface area contributed by atoms with E-state index in [4.69, 9.17) is 0 Å². The number of benzene rings is 5. The molecule has 0 aromatic heterocycles. The number of allylic oxidation sites excluding steroid dienone is 6. The summed E-state index contributed by atoms with van der Waals surface area (Å²) in [6.45, 7) is 16.7. The van der Waals surface area contributed by atoms with Crippen molar-refractivity contribution in [2.75, 3.05) is 9.80 Å². The van der Waals surface area contributed by atoms with E-state index in [0.29, 0.717) is 5.92 Å². The maximum Gasteiger partial charge on any atom is 0.252 e. The number of anilines is 5. The predicted molar refractivity (Wildman–Crippen MR) is 237 cm³/mol. The molecule has 0 fully saturated rings. The Balaban J connectivity index is 1.41. The smallest absolute Gasteiger partial charge is 0.252 e. The van der Waals surface area contributed by atoms with Gasteiger partial charge in [0.15, 0.2) is 0 Å². The molecule has 0 saturated carbocycles. The molecule has 3 atom stereocenters. The van der Waals surface area contributed by atoms with E-state index in [2.05, 4.69) is 216 Å². The van der Waals surface area contributed by atoms with E-state index in [-0.39, 0.29) is 29.0 Å². The van der Waals surface area contributed by atoms with Crippen LogP contribution >= 0.6 is 0 Å². The topological polar surface area (TPSA) is 6.48 Å². The van der Waals surface area contributed by atoms with Crippen LogP contribution in [0.1, 0.15) is 78.0 Å². The normalized spacial score (nSPS) is 19.7. The minimum absolute atomic E-state index is 0.00809. The van der Waals surface area contributed by atoms with Crippen molar-refractivity contribution < 1.29 is 0 Å². The number of hydrogen-bond donors (Lipinski definition) is 0. The molecule has 0 saturated heterocycles. The van der Waals surface area contributed by atoms with Crippen LogP contribution in [0.2, 0.25) is 0 Å². The van der Waals surface area contributed by atoms with Gasteiger partial charge in [-0.25, -0.2) is 0 Å². The first kappa shape index (κ1) is 35.4. The lowest BCUT2D eigenvalue weighted by molar-refractivity contribution is 0.415. The summed E-state index contributed by atoms with van der Waals surface area (Å²) in [5.74, 6) is 0.295. The molecule has 0 N–H and O–H groups in total. The molecule has 3 unspecified atom stereocenters. The Labute approximate surface area is 329 Å². The summed E-state index contributed by atoms with van der Waals surface area (Å²) in [5, 5.41) is 0. The quantitative estimate of drug-likeness (QED) is 0.164. The van der Waals surface area contributed by atoms with Crippen molar-refractivity contribution in [3.63, 3.8) is 0 Å². The van der Waals surface area contributed by atoms with E-state index in [1.807, 2.05) is 0 Å². The lowest BCUT2D eigenvalue weighted by atomic mass is 9.33. The summed E-state index contributed by atoms with van der Waals surface area (Å²) in [6, 6.07) is 44.2. The van der Waals surface area contributed by atoms with Crippen LogP contribution in [0.3, 0.4) is 0 Å². The van der Waals surface area contributed by atoms with Gasteiger partial charge in [0.2, 0.25) is 0 Å². The average Bonchev–Trinajstić information content (AvgIpc) is 3.20. The summed E-state index contributed by atoms with van der Waals surface area (Å²) in [6.07, 6.45) is 18.6. The van der Waals surface area contributed by atoms with Crippen LogP contribution in [0.15, 0.2) is 163 Å². The Bertz CT molecular complexity index is 2390. The number of rotatable bonds is 5. The van der Waals surface area contributed by atoms with E-state index in [1.54, 1.807) is 0 Å². The van der Waals surface area contributed by atoms with E-state index in [1.165, 1.54) is 67.1 Å². The van der Waals surface area contributed by atoms with Gasteiger partial charge in [0, 0.05) is 33.9 Å². The fourth-order valence-electron chi connectivity index (χ4n) is 9.68. The molecule has 3 heteroatoms. The maximum atomic E-state index is 2.75. The highest BCUT2D eigenvalue weighted by atomic mass is 15.2. The highest BCUT2D eigenvalue weighted by molar-refractivity contribution is 7.00. The predicted octanol–water partition coefficient (Wildman–Crippen LogP) is 11.5. The second-order valence-electron chi connectivity index (χ2n) is 18.3. The number of nitrogens with zero attached hydrogens (tertiary/aromatic N) is 2. The number of fused-ring (bicyclic) bond motifs is 4. The van der Waals surface area contributed by atoms with Crippen LogP contribution in [0.5, 0.6) is 0 Å². The van der Waals surface area contributed by atoms with Crippen LogP contribution in [0.4, 0.5) is 28.4 Å². The zero-order valence-corrected chi connectivity index (χ0v) is 33.6. The second-order valence-corrected chi connectivity index (χ2v) is 18.3. The molecule has 0 amide bonds.